The molecule has 40 heavy (non-hydrogen) atoms. The molecule has 2 amide bonds. The number of nitrogens with one attached hydrogen (secondary N) is 1. The fourth-order valence-corrected chi connectivity index (χ4v) is 5.90. The van der Waals surface area contributed by atoms with Crippen LogP contribution in [0.2, 0.25) is 5.02 Å². The number of anilines is 1. The van der Waals surface area contributed by atoms with Gasteiger partial charge in [0, 0.05) is 13.1 Å². The topological polar surface area (TPSA) is 96.0 Å². The molecule has 0 aromatic heterocycles. The lowest BCUT2D eigenvalue weighted by molar-refractivity contribution is -0.140. The average Bonchev–Trinajstić information content (AvgIpc) is 2.95. The molecule has 0 aliphatic heterocycles. The van der Waals surface area contributed by atoms with Crippen molar-refractivity contribution in [2.45, 2.75) is 51.1 Å². The van der Waals surface area contributed by atoms with Gasteiger partial charge >= 0.3 is 0 Å². The first-order valence-corrected chi connectivity index (χ1v) is 15.0. The zero-order valence-corrected chi connectivity index (χ0v) is 24.8. The maximum Gasteiger partial charge on any atom is 0.264 e. The van der Waals surface area contributed by atoms with Crippen molar-refractivity contribution in [3.05, 3.63) is 88.9 Å². The van der Waals surface area contributed by atoms with Gasteiger partial charge in [0.1, 0.15) is 18.3 Å². The van der Waals surface area contributed by atoms with E-state index in [-0.39, 0.29) is 28.1 Å². The van der Waals surface area contributed by atoms with Gasteiger partial charge in [0.15, 0.2) is 0 Å². The molecular weight excluding hydrogens is 550 g/mol. The summed E-state index contributed by atoms with van der Waals surface area (Å²) in [5.74, 6) is -0.437. The molecule has 214 valence electrons. The van der Waals surface area contributed by atoms with E-state index >= 15 is 0 Å². The number of carbonyl (C=O) groups is 2. The number of nitrogens with zero attached hydrogens (tertiary/aromatic N) is 2. The number of rotatable bonds is 13. The van der Waals surface area contributed by atoms with Gasteiger partial charge in [-0.3, -0.25) is 13.9 Å². The Balaban J connectivity index is 2.07. The number of sulfonamides is 1. The molecule has 3 aromatic rings. The van der Waals surface area contributed by atoms with Gasteiger partial charge in [-0.15, -0.1) is 0 Å². The lowest BCUT2D eigenvalue weighted by Crippen LogP contribution is -2.52. The van der Waals surface area contributed by atoms with E-state index in [9.17, 15) is 18.0 Å². The molecule has 0 aliphatic carbocycles. The van der Waals surface area contributed by atoms with E-state index in [1.165, 1.54) is 36.3 Å². The van der Waals surface area contributed by atoms with Crippen molar-refractivity contribution in [3.63, 3.8) is 0 Å². The van der Waals surface area contributed by atoms with Crippen LogP contribution in [0.4, 0.5) is 5.69 Å². The second kappa shape index (κ2) is 14.2. The number of hydrogen-bond donors (Lipinski definition) is 1. The van der Waals surface area contributed by atoms with Crippen LogP contribution in [0.1, 0.15) is 37.8 Å². The van der Waals surface area contributed by atoms with E-state index in [4.69, 9.17) is 16.3 Å². The van der Waals surface area contributed by atoms with E-state index in [2.05, 4.69) is 5.32 Å². The Morgan fingerprint density at radius 2 is 1.68 bits per heavy atom. The van der Waals surface area contributed by atoms with Gasteiger partial charge in [0.2, 0.25) is 11.8 Å². The summed E-state index contributed by atoms with van der Waals surface area (Å²) in [6.45, 7) is 5.70. The van der Waals surface area contributed by atoms with Crippen LogP contribution < -0.4 is 14.4 Å². The third kappa shape index (κ3) is 7.55. The first-order valence-electron chi connectivity index (χ1n) is 13.2. The fraction of sp³-hybridized carbons (Fsp3) is 0.333. The van der Waals surface area contributed by atoms with Gasteiger partial charge in [-0.1, -0.05) is 73.5 Å². The van der Waals surface area contributed by atoms with Crippen LogP contribution in [0.15, 0.2) is 77.7 Å². The highest BCUT2D eigenvalue weighted by atomic mass is 35.5. The summed E-state index contributed by atoms with van der Waals surface area (Å²) in [5.41, 5.74) is 1.91. The van der Waals surface area contributed by atoms with Crippen molar-refractivity contribution in [3.8, 4) is 5.75 Å². The van der Waals surface area contributed by atoms with Crippen molar-refractivity contribution in [2.75, 3.05) is 24.5 Å². The van der Waals surface area contributed by atoms with E-state index in [0.29, 0.717) is 18.7 Å². The van der Waals surface area contributed by atoms with Crippen molar-refractivity contribution in [2.24, 2.45) is 0 Å². The molecule has 3 rings (SSSR count). The molecule has 1 atom stereocenters. The third-order valence-corrected chi connectivity index (χ3v) is 8.53. The van der Waals surface area contributed by atoms with E-state index in [1.54, 1.807) is 18.2 Å². The summed E-state index contributed by atoms with van der Waals surface area (Å²) < 4.78 is 34.1. The van der Waals surface area contributed by atoms with Crippen LogP contribution in [-0.4, -0.2) is 51.4 Å². The smallest absolute Gasteiger partial charge is 0.264 e. The van der Waals surface area contributed by atoms with E-state index in [0.717, 1.165) is 21.9 Å². The number of benzene rings is 3. The van der Waals surface area contributed by atoms with Crippen LogP contribution in [-0.2, 0) is 26.2 Å². The molecule has 0 fully saturated rings. The molecule has 1 N–H and O–H groups in total. The van der Waals surface area contributed by atoms with Crippen LogP contribution in [0.3, 0.4) is 0 Å². The zero-order chi connectivity index (χ0) is 29.3. The lowest BCUT2D eigenvalue weighted by atomic mass is 10.1. The second-order valence-corrected chi connectivity index (χ2v) is 11.6. The number of halogens is 1. The summed E-state index contributed by atoms with van der Waals surface area (Å²) in [6.07, 6.45) is 1.10. The molecule has 0 spiro atoms. The quantitative estimate of drug-likeness (QED) is 0.298. The first-order chi connectivity index (χ1) is 19.1. The molecule has 0 bridgehead atoms. The van der Waals surface area contributed by atoms with Crippen molar-refractivity contribution < 1.29 is 22.7 Å². The van der Waals surface area contributed by atoms with E-state index in [1.807, 2.05) is 51.1 Å². The third-order valence-electron chi connectivity index (χ3n) is 6.44. The number of methoxy groups -OCH3 is 1. The summed E-state index contributed by atoms with van der Waals surface area (Å²) in [4.78, 5) is 28.6. The SMILES string of the molecule is CCCNC(=O)[C@H](CC)N(Cc1ccccc1)C(=O)CN(c1ccc(OC)c(Cl)c1)S(=O)(=O)c1ccc(C)cc1. The molecule has 0 heterocycles. The fourth-order valence-electron chi connectivity index (χ4n) is 4.24. The molecule has 0 unspecified atom stereocenters. The summed E-state index contributed by atoms with van der Waals surface area (Å²) in [5, 5.41) is 3.07. The van der Waals surface area contributed by atoms with E-state index < -0.39 is 28.5 Å². The Labute approximate surface area is 241 Å². The minimum absolute atomic E-state index is 0.0279. The molecule has 8 nitrogen and oxygen atoms in total. The van der Waals surface area contributed by atoms with Gasteiger partial charge < -0.3 is 15.0 Å². The lowest BCUT2D eigenvalue weighted by Gasteiger charge is -2.33. The standard InChI is InChI=1S/C30H36ClN3O5S/c1-5-18-32-30(36)27(6-2)33(20-23-10-8-7-9-11-23)29(35)21-34(24-14-17-28(39-4)26(31)19-24)40(37,38)25-15-12-22(3)13-16-25/h7-17,19,27H,5-6,18,20-21H2,1-4H3,(H,32,36)/t27-/m0/s1. The van der Waals surface area contributed by atoms with Crippen molar-refractivity contribution in [1.29, 1.82) is 0 Å². The predicted octanol–water partition coefficient (Wildman–Crippen LogP) is 5.19. The average molecular weight is 586 g/mol. The highest BCUT2D eigenvalue weighted by Gasteiger charge is 2.33. The Bertz CT molecular complexity index is 1400. The first kappa shape index (κ1) is 31.0. The van der Waals surface area contributed by atoms with Gasteiger partial charge in [-0.2, -0.15) is 0 Å². The van der Waals surface area contributed by atoms with Crippen molar-refractivity contribution in [1.82, 2.24) is 10.2 Å². The Morgan fingerprint density at radius 3 is 2.25 bits per heavy atom. The number of ether oxygens (including phenoxy) is 1. The summed E-state index contributed by atoms with van der Waals surface area (Å²) >= 11 is 6.37. The van der Waals surface area contributed by atoms with Crippen molar-refractivity contribution >= 4 is 39.1 Å². The predicted molar refractivity (Wildman–Crippen MR) is 158 cm³/mol. The molecule has 0 saturated heterocycles. The molecule has 0 saturated carbocycles. The molecule has 10 heteroatoms. The van der Waals surface area contributed by atoms with Gasteiger partial charge in [0.05, 0.1) is 22.7 Å². The van der Waals surface area contributed by atoms with Crippen LogP contribution >= 0.6 is 11.6 Å². The minimum atomic E-state index is -4.19. The normalized spacial score (nSPS) is 11.9. The van der Waals surface area contributed by atoms with Crippen LogP contribution in [0.5, 0.6) is 5.75 Å². The maximum absolute atomic E-state index is 14.0. The number of hydrogen-bond acceptors (Lipinski definition) is 5. The minimum Gasteiger partial charge on any atom is -0.495 e. The van der Waals surface area contributed by atoms with Gasteiger partial charge in [0.25, 0.3) is 10.0 Å². The number of carbonyl (C=O) groups excluding carboxylic acids is 2. The molecule has 0 aliphatic rings. The largest absolute Gasteiger partial charge is 0.495 e. The molecular formula is C30H36ClN3O5S. The number of amides is 2. The Kier molecular flexibility index (Phi) is 11.0. The Morgan fingerprint density at radius 1 is 1.00 bits per heavy atom. The Hall–Kier alpha value is -3.56. The summed E-state index contributed by atoms with van der Waals surface area (Å²) in [6, 6.07) is 19.4. The van der Waals surface area contributed by atoms with Crippen LogP contribution in [0.25, 0.3) is 0 Å². The highest BCUT2D eigenvalue weighted by molar-refractivity contribution is 7.92. The molecule has 3 aromatic carbocycles. The monoisotopic (exact) mass is 585 g/mol. The number of aryl methyl sites for hydroxylation is 1. The second-order valence-electron chi connectivity index (χ2n) is 9.37. The molecule has 0 radical (unpaired) electrons. The van der Waals surface area contributed by atoms with Crippen LogP contribution in [0, 0.1) is 6.92 Å². The maximum atomic E-state index is 14.0. The summed E-state index contributed by atoms with van der Waals surface area (Å²) in [7, 11) is -2.73. The highest BCUT2D eigenvalue weighted by Crippen LogP contribution is 2.32. The zero-order valence-electron chi connectivity index (χ0n) is 23.3. The van der Waals surface area contributed by atoms with Gasteiger partial charge in [-0.05, 0) is 55.7 Å². The van der Waals surface area contributed by atoms with Gasteiger partial charge in [-0.25, -0.2) is 8.42 Å².